The summed E-state index contributed by atoms with van der Waals surface area (Å²) in [6.07, 6.45) is 1.62. The standard InChI is InChI=1S/C31H27NO7/c1-5-15-38-24-14-10-20(17-25(24)36-4)27-26-28(33)22-16-18(3)7-13-23(22)39-29(26)30(34)32(27)21-11-8-19(9-12-21)31(35)37-6-2/h5,7-14,16-17,27H,1,6,15H2,2-4H3. The third kappa shape index (κ3) is 4.54. The van der Waals surface area contributed by atoms with Crippen molar-refractivity contribution in [3.63, 3.8) is 0 Å². The fourth-order valence-electron chi connectivity index (χ4n) is 4.76. The van der Waals surface area contributed by atoms with E-state index in [0.29, 0.717) is 39.3 Å². The minimum absolute atomic E-state index is 0.0261. The molecule has 0 aliphatic carbocycles. The summed E-state index contributed by atoms with van der Waals surface area (Å²) in [4.78, 5) is 41.4. The number of aryl methyl sites for hydroxylation is 1. The predicted molar refractivity (Wildman–Crippen MR) is 147 cm³/mol. The topological polar surface area (TPSA) is 95.3 Å². The van der Waals surface area contributed by atoms with E-state index in [1.807, 2.05) is 13.0 Å². The van der Waals surface area contributed by atoms with Crippen LogP contribution in [0.2, 0.25) is 0 Å². The van der Waals surface area contributed by atoms with Crippen molar-refractivity contribution in [3.05, 3.63) is 112 Å². The van der Waals surface area contributed by atoms with Gasteiger partial charge < -0.3 is 18.6 Å². The summed E-state index contributed by atoms with van der Waals surface area (Å²) in [6.45, 7) is 7.82. The van der Waals surface area contributed by atoms with Crippen LogP contribution in [0.15, 0.2) is 82.5 Å². The van der Waals surface area contributed by atoms with Crippen molar-refractivity contribution in [1.82, 2.24) is 0 Å². The zero-order chi connectivity index (χ0) is 27.7. The molecule has 5 rings (SSSR count). The molecule has 1 aromatic heterocycles. The van der Waals surface area contributed by atoms with E-state index in [4.69, 9.17) is 18.6 Å². The van der Waals surface area contributed by atoms with Crippen LogP contribution in [0.3, 0.4) is 0 Å². The lowest BCUT2D eigenvalue weighted by atomic mass is 9.97. The number of amides is 1. The van der Waals surface area contributed by atoms with Crippen molar-refractivity contribution in [2.24, 2.45) is 0 Å². The fourth-order valence-corrected chi connectivity index (χ4v) is 4.76. The van der Waals surface area contributed by atoms with Crippen molar-refractivity contribution in [2.75, 3.05) is 25.2 Å². The Kier molecular flexibility index (Phi) is 6.94. The normalized spacial score (nSPS) is 14.3. The molecular weight excluding hydrogens is 498 g/mol. The van der Waals surface area contributed by atoms with Crippen LogP contribution in [0.1, 0.15) is 50.6 Å². The lowest BCUT2D eigenvalue weighted by Gasteiger charge is -2.26. The molecule has 0 radical (unpaired) electrons. The van der Waals surface area contributed by atoms with Gasteiger partial charge in [0.2, 0.25) is 5.76 Å². The van der Waals surface area contributed by atoms with Gasteiger partial charge in [-0.2, -0.15) is 0 Å². The monoisotopic (exact) mass is 525 g/mol. The minimum Gasteiger partial charge on any atom is -0.493 e. The molecule has 1 unspecified atom stereocenters. The lowest BCUT2D eigenvalue weighted by Crippen LogP contribution is -2.29. The van der Waals surface area contributed by atoms with E-state index in [1.54, 1.807) is 67.6 Å². The smallest absolute Gasteiger partial charge is 0.338 e. The summed E-state index contributed by atoms with van der Waals surface area (Å²) in [5, 5.41) is 0.393. The molecule has 1 aliphatic rings. The van der Waals surface area contributed by atoms with Gasteiger partial charge >= 0.3 is 5.97 Å². The van der Waals surface area contributed by atoms with Crippen LogP contribution in [0, 0.1) is 6.92 Å². The van der Waals surface area contributed by atoms with Gasteiger partial charge in [0.05, 0.1) is 36.3 Å². The van der Waals surface area contributed by atoms with Gasteiger partial charge in [0.1, 0.15) is 12.2 Å². The Balaban J connectivity index is 1.70. The second-order valence-corrected chi connectivity index (χ2v) is 9.03. The number of hydrogen-bond donors (Lipinski definition) is 0. The first-order valence-corrected chi connectivity index (χ1v) is 12.5. The van der Waals surface area contributed by atoms with Gasteiger partial charge in [-0.25, -0.2) is 4.79 Å². The Morgan fingerprint density at radius 1 is 1.05 bits per heavy atom. The maximum atomic E-state index is 13.9. The number of ether oxygens (including phenoxy) is 3. The summed E-state index contributed by atoms with van der Waals surface area (Å²) in [5.41, 5.74) is 2.63. The van der Waals surface area contributed by atoms with Crippen molar-refractivity contribution in [1.29, 1.82) is 0 Å². The SMILES string of the molecule is C=CCOc1ccc(C2c3c(oc4ccc(C)cc4c3=O)C(=O)N2c2ccc(C(=O)OCC)cc2)cc1OC. The van der Waals surface area contributed by atoms with Gasteiger partial charge in [-0.3, -0.25) is 14.5 Å². The molecule has 1 amide bonds. The van der Waals surface area contributed by atoms with Crippen LogP contribution in [-0.4, -0.2) is 32.2 Å². The van der Waals surface area contributed by atoms with Crippen LogP contribution in [0.5, 0.6) is 11.5 Å². The van der Waals surface area contributed by atoms with Crippen molar-refractivity contribution in [3.8, 4) is 11.5 Å². The molecule has 0 saturated carbocycles. The van der Waals surface area contributed by atoms with Crippen LogP contribution in [0.25, 0.3) is 11.0 Å². The molecule has 4 aromatic rings. The molecule has 0 saturated heterocycles. The molecule has 39 heavy (non-hydrogen) atoms. The zero-order valence-electron chi connectivity index (χ0n) is 21.9. The zero-order valence-corrected chi connectivity index (χ0v) is 21.9. The maximum Gasteiger partial charge on any atom is 0.338 e. The van der Waals surface area contributed by atoms with E-state index in [2.05, 4.69) is 6.58 Å². The highest BCUT2D eigenvalue weighted by molar-refractivity contribution is 6.11. The molecule has 0 N–H and O–H groups in total. The number of esters is 1. The van der Waals surface area contributed by atoms with Crippen LogP contribution < -0.4 is 19.8 Å². The minimum atomic E-state index is -0.815. The molecule has 1 aliphatic heterocycles. The van der Waals surface area contributed by atoms with Gasteiger partial charge in [-0.05, 0) is 67.9 Å². The number of benzene rings is 3. The average Bonchev–Trinajstić information content (AvgIpc) is 3.24. The lowest BCUT2D eigenvalue weighted by molar-refractivity contribution is 0.0526. The first-order chi connectivity index (χ1) is 18.9. The first kappa shape index (κ1) is 25.8. The van der Waals surface area contributed by atoms with Crippen LogP contribution >= 0.6 is 0 Å². The number of carbonyl (C=O) groups is 2. The quantitative estimate of drug-likeness (QED) is 0.218. The Morgan fingerprint density at radius 2 is 1.82 bits per heavy atom. The summed E-state index contributed by atoms with van der Waals surface area (Å²) < 4.78 is 22.4. The highest BCUT2D eigenvalue weighted by atomic mass is 16.5. The molecule has 198 valence electrons. The van der Waals surface area contributed by atoms with E-state index in [0.717, 1.165) is 5.56 Å². The highest BCUT2D eigenvalue weighted by Gasteiger charge is 2.44. The third-order valence-electron chi connectivity index (χ3n) is 6.54. The highest BCUT2D eigenvalue weighted by Crippen LogP contribution is 2.43. The number of hydrogen-bond acceptors (Lipinski definition) is 7. The number of nitrogens with zero attached hydrogens (tertiary/aromatic N) is 1. The molecule has 0 bridgehead atoms. The number of methoxy groups -OCH3 is 1. The van der Waals surface area contributed by atoms with Crippen LogP contribution in [0.4, 0.5) is 5.69 Å². The molecule has 3 aromatic carbocycles. The molecule has 1 atom stereocenters. The fraction of sp³-hybridized carbons (Fsp3) is 0.194. The van der Waals surface area contributed by atoms with Crippen molar-refractivity contribution >= 4 is 28.5 Å². The van der Waals surface area contributed by atoms with E-state index >= 15 is 0 Å². The molecule has 2 heterocycles. The maximum absolute atomic E-state index is 13.9. The van der Waals surface area contributed by atoms with E-state index in [1.165, 1.54) is 12.0 Å². The van der Waals surface area contributed by atoms with Crippen molar-refractivity contribution < 1.29 is 28.2 Å². The third-order valence-corrected chi connectivity index (χ3v) is 6.54. The van der Waals surface area contributed by atoms with Gasteiger partial charge in [-0.15, -0.1) is 0 Å². The Bertz CT molecular complexity index is 1650. The van der Waals surface area contributed by atoms with Gasteiger partial charge in [0.15, 0.2) is 16.9 Å². The molecule has 8 nitrogen and oxygen atoms in total. The summed E-state index contributed by atoms with van der Waals surface area (Å²) in [6, 6.07) is 16.2. The van der Waals surface area contributed by atoms with Crippen molar-refractivity contribution in [2.45, 2.75) is 19.9 Å². The molecule has 0 spiro atoms. The van der Waals surface area contributed by atoms with E-state index in [-0.39, 0.29) is 30.0 Å². The second kappa shape index (κ2) is 10.5. The summed E-state index contributed by atoms with van der Waals surface area (Å²) >= 11 is 0. The van der Waals surface area contributed by atoms with Crippen LogP contribution in [-0.2, 0) is 4.74 Å². The first-order valence-electron chi connectivity index (χ1n) is 12.5. The number of carbonyl (C=O) groups excluding carboxylic acids is 2. The second-order valence-electron chi connectivity index (χ2n) is 9.03. The Labute approximate surface area is 225 Å². The summed E-state index contributed by atoms with van der Waals surface area (Å²) in [5.74, 6) is -0.0211. The largest absolute Gasteiger partial charge is 0.493 e. The Morgan fingerprint density at radius 3 is 2.51 bits per heavy atom. The van der Waals surface area contributed by atoms with Gasteiger partial charge in [-0.1, -0.05) is 30.4 Å². The molecule has 8 heteroatoms. The molecular formula is C31H27NO7. The number of rotatable bonds is 8. The molecule has 0 fully saturated rings. The van der Waals surface area contributed by atoms with Gasteiger partial charge in [0.25, 0.3) is 5.91 Å². The van der Waals surface area contributed by atoms with Gasteiger partial charge in [0, 0.05) is 5.69 Å². The summed E-state index contributed by atoms with van der Waals surface area (Å²) in [7, 11) is 1.52. The number of anilines is 1. The predicted octanol–water partition coefficient (Wildman–Crippen LogP) is 5.60. The Hall–Kier alpha value is -4.85. The van der Waals surface area contributed by atoms with E-state index < -0.39 is 17.9 Å². The number of fused-ring (bicyclic) bond motifs is 2. The average molecular weight is 526 g/mol. The van der Waals surface area contributed by atoms with E-state index in [9.17, 15) is 14.4 Å².